The number of hydrogen-bond donors (Lipinski definition) is 2. The van der Waals surface area contributed by atoms with Crippen molar-refractivity contribution in [1.82, 2.24) is 10.6 Å². The minimum absolute atomic E-state index is 0.0705. The zero-order valence-electron chi connectivity index (χ0n) is 10.7. The smallest absolute Gasteiger partial charge is 0.216 e. The summed E-state index contributed by atoms with van der Waals surface area (Å²) in [6, 6.07) is 0. The highest BCUT2D eigenvalue weighted by Gasteiger charge is 2.17. The molecule has 0 heterocycles. The molecule has 1 amide bonds. The third-order valence-electron chi connectivity index (χ3n) is 3.38. The summed E-state index contributed by atoms with van der Waals surface area (Å²) in [5.41, 5.74) is 0. The fraction of sp³-hybridized carbons (Fsp3) is 0.923. The van der Waals surface area contributed by atoms with E-state index in [2.05, 4.69) is 17.6 Å². The number of hydrogen-bond acceptors (Lipinski definition) is 2. The van der Waals surface area contributed by atoms with Gasteiger partial charge in [0.2, 0.25) is 5.91 Å². The SMILES string of the molecule is CC(=O)NCCCNC[C@H]1CCC[C@H](C)C1. The van der Waals surface area contributed by atoms with Crippen molar-refractivity contribution in [3.63, 3.8) is 0 Å². The fourth-order valence-electron chi connectivity index (χ4n) is 2.53. The summed E-state index contributed by atoms with van der Waals surface area (Å²) in [6.07, 6.45) is 6.63. The van der Waals surface area contributed by atoms with Crippen LogP contribution in [0.4, 0.5) is 0 Å². The monoisotopic (exact) mass is 226 g/mol. The van der Waals surface area contributed by atoms with Gasteiger partial charge in [-0.2, -0.15) is 0 Å². The first kappa shape index (κ1) is 13.5. The van der Waals surface area contributed by atoms with Gasteiger partial charge in [0.25, 0.3) is 0 Å². The molecule has 0 spiro atoms. The first-order valence-electron chi connectivity index (χ1n) is 6.63. The van der Waals surface area contributed by atoms with E-state index in [9.17, 15) is 4.79 Å². The molecular formula is C13H26N2O. The second-order valence-electron chi connectivity index (χ2n) is 5.18. The lowest BCUT2D eigenvalue weighted by Crippen LogP contribution is -2.29. The summed E-state index contributed by atoms with van der Waals surface area (Å²) < 4.78 is 0. The van der Waals surface area contributed by atoms with Crippen LogP contribution in [-0.4, -0.2) is 25.5 Å². The van der Waals surface area contributed by atoms with Crippen molar-refractivity contribution in [2.45, 2.75) is 46.0 Å². The molecule has 2 N–H and O–H groups in total. The molecule has 0 aromatic carbocycles. The van der Waals surface area contributed by atoms with Crippen molar-refractivity contribution in [2.24, 2.45) is 11.8 Å². The predicted octanol–water partition coefficient (Wildman–Crippen LogP) is 1.93. The first-order chi connectivity index (χ1) is 7.68. The number of carbonyl (C=O) groups excluding carboxylic acids is 1. The van der Waals surface area contributed by atoms with Crippen molar-refractivity contribution in [1.29, 1.82) is 0 Å². The lowest BCUT2D eigenvalue weighted by Gasteiger charge is -2.26. The van der Waals surface area contributed by atoms with Crippen molar-refractivity contribution in [2.75, 3.05) is 19.6 Å². The fourth-order valence-corrected chi connectivity index (χ4v) is 2.53. The lowest BCUT2D eigenvalue weighted by molar-refractivity contribution is -0.118. The van der Waals surface area contributed by atoms with Gasteiger partial charge >= 0.3 is 0 Å². The number of rotatable bonds is 6. The van der Waals surface area contributed by atoms with Gasteiger partial charge in [0.1, 0.15) is 0 Å². The van der Waals surface area contributed by atoms with Gasteiger partial charge in [-0.05, 0) is 44.2 Å². The lowest BCUT2D eigenvalue weighted by atomic mass is 9.82. The molecule has 0 saturated heterocycles. The van der Waals surface area contributed by atoms with E-state index in [1.807, 2.05) is 0 Å². The Balaban J connectivity index is 1.92. The van der Waals surface area contributed by atoms with E-state index in [0.29, 0.717) is 0 Å². The van der Waals surface area contributed by atoms with Crippen LogP contribution in [-0.2, 0) is 4.79 Å². The molecule has 1 aliphatic carbocycles. The summed E-state index contributed by atoms with van der Waals surface area (Å²) in [6.45, 7) is 6.90. The minimum atomic E-state index is 0.0705. The van der Waals surface area contributed by atoms with E-state index in [0.717, 1.165) is 37.9 Å². The summed E-state index contributed by atoms with van der Waals surface area (Å²) in [7, 11) is 0. The van der Waals surface area contributed by atoms with E-state index in [4.69, 9.17) is 0 Å². The Bertz CT molecular complexity index is 206. The van der Waals surface area contributed by atoms with Gasteiger partial charge in [-0.3, -0.25) is 4.79 Å². The van der Waals surface area contributed by atoms with Gasteiger partial charge in [-0.25, -0.2) is 0 Å². The summed E-state index contributed by atoms with van der Waals surface area (Å²) in [5.74, 6) is 1.87. The first-order valence-corrected chi connectivity index (χ1v) is 6.63. The Kier molecular flexibility index (Phi) is 6.46. The van der Waals surface area contributed by atoms with Crippen LogP contribution < -0.4 is 10.6 Å². The topological polar surface area (TPSA) is 41.1 Å². The molecule has 3 nitrogen and oxygen atoms in total. The molecule has 0 radical (unpaired) electrons. The van der Waals surface area contributed by atoms with Crippen LogP contribution in [0.3, 0.4) is 0 Å². The molecule has 0 aliphatic heterocycles. The van der Waals surface area contributed by atoms with Crippen LogP contribution in [0.1, 0.15) is 46.0 Å². The summed E-state index contributed by atoms with van der Waals surface area (Å²) >= 11 is 0. The van der Waals surface area contributed by atoms with Gasteiger partial charge in [-0.15, -0.1) is 0 Å². The van der Waals surface area contributed by atoms with E-state index < -0.39 is 0 Å². The third kappa shape index (κ3) is 6.11. The van der Waals surface area contributed by atoms with Crippen LogP contribution in [0.25, 0.3) is 0 Å². The Morgan fingerprint density at radius 1 is 1.31 bits per heavy atom. The second-order valence-corrected chi connectivity index (χ2v) is 5.18. The Hall–Kier alpha value is -0.570. The van der Waals surface area contributed by atoms with Crippen LogP contribution >= 0.6 is 0 Å². The zero-order chi connectivity index (χ0) is 11.8. The van der Waals surface area contributed by atoms with Gasteiger partial charge in [0.15, 0.2) is 0 Å². The van der Waals surface area contributed by atoms with Crippen LogP contribution in [0.15, 0.2) is 0 Å². The van der Waals surface area contributed by atoms with Crippen LogP contribution in [0, 0.1) is 11.8 Å². The molecule has 0 aromatic heterocycles. The normalized spacial score (nSPS) is 25.4. The Morgan fingerprint density at radius 3 is 2.81 bits per heavy atom. The highest BCUT2D eigenvalue weighted by molar-refractivity contribution is 5.72. The number of carbonyl (C=O) groups is 1. The van der Waals surface area contributed by atoms with Gasteiger partial charge in [0, 0.05) is 13.5 Å². The van der Waals surface area contributed by atoms with Crippen molar-refractivity contribution >= 4 is 5.91 Å². The molecule has 3 heteroatoms. The Labute approximate surface area is 99.4 Å². The van der Waals surface area contributed by atoms with Crippen molar-refractivity contribution in [3.05, 3.63) is 0 Å². The van der Waals surface area contributed by atoms with Gasteiger partial charge in [0.05, 0.1) is 0 Å². The molecular weight excluding hydrogens is 200 g/mol. The molecule has 1 saturated carbocycles. The molecule has 0 aromatic rings. The standard InChI is InChI=1S/C13H26N2O/c1-11-5-3-6-13(9-11)10-14-7-4-8-15-12(2)16/h11,13-14H,3-10H2,1-2H3,(H,15,16)/t11-,13-/m0/s1. The average molecular weight is 226 g/mol. The van der Waals surface area contributed by atoms with Crippen LogP contribution in [0.5, 0.6) is 0 Å². The molecule has 1 fully saturated rings. The quantitative estimate of drug-likeness (QED) is 0.679. The molecule has 1 aliphatic rings. The largest absolute Gasteiger partial charge is 0.356 e. The maximum atomic E-state index is 10.6. The van der Waals surface area contributed by atoms with Crippen molar-refractivity contribution < 1.29 is 4.79 Å². The number of nitrogens with one attached hydrogen (secondary N) is 2. The van der Waals surface area contributed by atoms with Gasteiger partial charge < -0.3 is 10.6 Å². The minimum Gasteiger partial charge on any atom is -0.356 e. The Morgan fingerprint density at radius 2 is 2.12 bits per heavy atom. The molecule has 16 heavy (non-hydrogen) atoms. The summed E-state index contributed by atoms with van der Waals surface area (Å²) in [4.78, 5) is 10.6. The van der Waals surface area contributed by atoms with E-state index in [1.54, 1.807) is 6.92 Å². The molecule has 94 valence electrons. The van der Waals surface area contributed by atoms with E-state index in [1.165, 1.54) is 25.7 Å². The highest BCUT2D eigenvalue weighted by Crippen LogP contribution is 2.27. The maximum absolute atomic E-state index is 10.6. The average Bonchev–Trinajstić information content (AvgIpc) is 2.23. The van der Waals surface area contributed by atoms with Crippen LogP contribution in [0.2, 0.25) is 0 Å². The van der Waals surface area contributed by atoms with E-state index in [-0.39, 0.29) is 5.91 Å². The molecule has 0 unspecified atom stereocenters. The second kappa shape index (κ2) is 7.66. The predicted molar refractivity (Wildman–Crippen MR) is 67.3 cm³/mol. The molecule has 0 bridgehead atoms. The summed E-state index contributed by atoms with van der Waals surface area (Å²) in [5, 5.41) is 6.31. The number of amides is 1. The van der Waals surface area contributed by atoms with E-state index >= 15 is 0 Å². The maximum Gasteiger partial charge on any atom is 0.216 e. The highest BCUT2D eigenvalue weighted by atomic mass is 16.1. The third-order valence-corrected chi connectivity index (χ3v) is 3.38. The van der Waals surface area contributed by atoms with Crippen molar-refractivity contribution in [3.8, 4) is 0 Å². The zero-order valence-corrected chi connectivity index (χ0v) is 10.7. The molecule has 2 atom stereocenters. The van der Waals surface area contributed by atoms with Gasteiger partial charge in [-0.1, -0.05) is 19.8 Å². The molecule has 1 rings (SSSR count).